The van der Waals surface area contributed by atoms with Crippen LogP contribution in [-0.2, 0) is 9.59 Å². The van der Waals surface area contributed by atoms with E-state index in [1.165, 1.54) is 7.05 Å². The van der Waals surface area contributed by atoms with E-state index in [-0.39, 0.29) is 5.91 Å². The third kappa shape index (κ3) is 3.26. The maximum Gasteiger partial charge on any atom is 0.296 e. The van der Waals surface area contributed by atoms with Crippen LogP contribution in [0.15, 0.2) is 0 Å². The van der Waals surface area contributed by atoms with Crippen LogP contribution < -0.4 is 10.6 Å². The van der Waals surface area contributed by atoms with Crippen LogP contribution in [0.5, 0.6) is 0 Å². The maximum atomic E-state index is 10.8. The fourth-order valence-electron chi connectivity index (χ4n) is 0.520. The number of likely N-dealkylation sites (N-methyl/N-ethyl adjacent to an activating group) is 1. The topological polar surface area (TPSA) is 58.2 Å². The van der Waals surface area contributed by atoms with E-state index in [0.29, 0.717) is 0 Å². The standard InChI is InChI=1S/C7H10N2O2/c1-4-6(10)9-5(2)7(11)8-3/h1,5H,2-3H3,(H,8,11)(H,9,10). The largest absolute Gasteiger partial charge is 0.357 e. The van der Waals surface area contributed by atoms with E-state index >= 15 is 0 Å². The summed E-state index contributed by atoms with van der Waals surface area (Å²) in [6.07, 6.45) is 4.77. The molecule has 4 nitrogen and oxygen atoms in total. The normalized spacial score (nSPS) is 11.0. The predicted octanol–water partition coefficient (Wildman–Crippen LogP) is -1.13. The van der Waals surface area contributed by atoms with Gasteiger partial charge in [-0.3, -0.25) is 9.59 Å². The molecule has 4 heteroatoms. The van der Waals surface area contributed by atoms with Gasteiger partial charge in [0, 0.05) is 7.05 Å². The molecule has 2 N–H and O–H groups in total. The van der Waals surface area contributed by atoms with Crippen molar-refractivity contribution >= 4 is 11.8 Å². The van der Waals surface area contributed by atoms with Crippen LogP contribution >= 0.6 is 0 Å². The first-order valence-electron chi connectivity index (χ1n) is 3.10. The van der Waals surface area contributed by atoms with E-state index in [9.17, 15) is 9.59 Å². The van der Waals surface area contributed by atoms with Crippen LogP contribution in [0.4, 0.5) is 0 Å². The molecule has 0 saturated carbocycles. The lowest BCUT2D eigenvalue weighted by atomic mass is 10.3. The second kappa shape index (κ2) is 4.34. The van der Waals surface area contributed by atoms with E-state index in [0.717, 1.165) is 0 Å². The van der Waals surface area contributed by atoms with Crippen molar-refractivity contribution in [3.05, 3.63) is 0 Å². The summed E-state index contributed by atoms with van der Waals surface area (Å²) in [5.74, 6) is 0.993. The van der Waals surface area contributed by atoms with Gasteiger partial charge in [0.25, 0.3) is 5.91 Å². The van der Waals surface area contributed by atoms with Crippen LogP contribution in [0.25, 0.3) is 0 Å². The van der Waals surface area contributed by atoms with Crippen molar-refractivity contribution in [1.29, 1.82) is 0 Å². The second-order valence-corrected chi connectivity index (χ2v) is 1.95. The van der Waals surface area contributed by atoms with Crippen molar-refractivity contribution < 1.29 is 9.59 Å². The average molecular weight is 154 g/mol. The minimum absolute atomic E-state index is 0.270. The zero-order valence-electron chi connectivity index (χ0n) is 6.47. The van der Waals surface area contributed by atoms with Gasteiger partial charge in [-0.25, -0.2) is 0 Å². The molecule has 60 valence electrons. The number of hydrogen-bond acceptors (Lipinski definition) is 2. The third-order valence-electron chi connectivity index (χ3n) is 1.12. The Morgan fingerprint density at radius 1 is 1.55 bits per heavy atom. The van der Waals surface area contributed by atoms with Crippen molar-refractivity contribution in [3.63, 3.8) is 0 Å². The van der Waals surface area contributed by atoms with Crippen molar-refractivity contribution in [1.82, 2.24) is 10.6 Å². The first-order valence-corrected chi connectivity index (χ1v) is 3.10. The van der Waals surface area contributed by atoms with E-state index in [1.807, 2.05) is 5.92 Å². The van der Waals surface area contributed by atoms with Crippen LogP contribution in [0.3, 0.4) is 0 Å². The van der Waals surface area contributed by atoms with Gasteiger partial charge in [0.2, 0.25) is 5.91 Å². The van der Waals surface area contributed by atoms with Gasteiger partial charge >= 0.3 is 0 Å². The lowest BCUT2D eigenvalue weighted by Gasteiger charge is -2.08. The summed E-state index contributed by atoms with van der Waals surface area (Å²) in [7, 11) is 1.49. The highest BCUT2D eigenvalue weighted by Gasteiger charge is 2.11. The summed E-state index contributed by atoms with van der Waals surface area (Å²) < 4.78 is 0. The number of carbonyl (C=O) groups is 2. The Labute approximate surface area is 65.4 Å². The first kappa shape index (κ1) is 9.50. The van der Waals surface area contributed by atoms with Gasteiger partial charge in [-0.05, 0) is 12.8 Å². The molecule has 0 aromatic carbocycles. The molecule has 0 aliphatic carbocycles. The zero-order valence-corrected chi connectivity index (χ0v) is 6.47. The van der Waals surface area contributed by atoms with Gasteiger partial charge in [0.1, 0.15) is 6.04 Å². The molecule has 1 unspecified atom stereocenters. The highest BCUT2D eigenvalue weighted by molar-refractivity contribution is 5.96. The molecule has 2 amide bonds. The minimum Gasteiger partial charge on any atom is -0.357 e. The summed E-state index contributed by atoms with van der Waals surface area (Å²) >= 11 is 0. The smallest absolute Gasteiger partial charge is 0.296 e. The maximum absolute atomic E-state index is 10.8. The fraction of sp³-hybridized carbons (Fsp3) is 0.429. The number of hydrogen-bond donors (Lipinski definition) is 2. The molecule has 0 heterocycles. The molecule has 0 fully saturated rings. The van der Waals surface area contributed by atoms with Gasteiger partial charge in [0.05, 0.1) is 0 Å². The number of amides is 2. The Kier molecular flexibility index (Phi) is 3.75. The van der Waals surface area contributed by atoms with E-state index in [4.69, 9.17) is 6.42 Å². The molecule has 11 heavy (non-hydrogen) atoms. The Balaban J connectivity index is 3.89. The molecule has 0 aromatic rings. The molecule has 0 bridgehead atoms. The lowest BCUT2D eigenvalue weighted by molar-refractivity contribution is -0.126. The molecule has 0 rings (SSSR count). The number of carbonyl (C=O) groups excluding carboxylic acids is 2. The number of nitrogens with one attached hydrogen (secondary N) is 2. The molecule has 0 radical (unpaired) electrons. The van der Waals surface area contributed by atoms with E-state index < -0.39 is 11.9 Å². The van der Waals surface area contributed by atoms with Crippen molar-refractivity contribution in [3.8, 4) is 12.3 Å². The summed E-state index contributed by atoms with van der Waals surface area (Å²) in [6.45, 7) is 1.55. The molecule has 0 saturated heterocycles. The first-order chi connectivity index (χ1) is 5.11. The van der Waals surface area contributed by atoms with Gasteiger partial charge in [-0.2, -0.15) is 0 Å². The van der Waals surface area contributed by atoms with Crippen molar-refractivity contribution in [2.75, 3.05) is 7.05 Å². The Morgan fingerprint density at radius 2 is 2.09 bits per heavy atom. The Hall–Kier alpha value is -1.50. The van der Waals surface area contributed by atoms with Crippen molar-refractivity contribution in [2.24, 2.45) is 0 Å². The van der Waals surface area contributed by atoms with Crippen LogP contribution in [0.2, 0.25) is 0 Å². The summed E-state index contributed by atoms with van der Waals surface area (Å²) in [5.41, 5.74) is 0. The Morgan fingerprint density at radius 3 is 2.45 bits per heavy atom. The molecular weight excluding hydrogens is 144 g/mol. The number of terminal acetylenes is 1. The van der Waals surface area contributed by atoms with Crippen LogP contribution in [0.1, 0.15) is 6.92 Å². The molecule has 0 aromatic heterocycles. The molecule has 1 atom stereocenters. The lowest BCUT2D eigenvalue weighted by Crippen LogP contribution is -2.43. The molecular formula is C7H10N2O2. The number of rotatable bonds is 2. The quantitative estimate of drug-likeness (QED) is 0.494. The minimum atomic E-state index is -0.582. The second-order valence-electron chi connectivity index (χ2n) is 1.95. The fourth-order valence-corrected chi connectivity index (χ4v) is 0.520. The van der Waals surface area contributed by atoms with Crippen molar-refractivity contribution in [2.45, 2.75) is 13.0 Å². The monoisotopic (exact) mass is 154 g/mol. The van der Waals surface area contributed by atoms with Crippen LogP contribution in [-0.4, -0.2) is 24.9 Å². The van der Waals surface area contributed by atoms with Gasteiger partial charge in [0.15, 0.2) is 0 Å². The van der Waals surface area contributed by atoms with Crippen LogP contribution in [0, 0.1) is 12.3 Å². The molecule has 0 spiro atoms. The molecule has 0 aliphatic rings. The third-order valence-corrected chi connectivity index (χ3v) is 1.12. The highest BCUT2D eigenvalue weighted by Crippen LogP contribution is 1.79. The SMILES string of the molecule is C#CC(=O)NC(C)C(=O)NC. The predicted molar refractivity (Wildman–Crippen MR) is 40.5 cm³/mol. The highest BCUT2D eigenvalue weighted by atomic mass is 16.2. The van der Waals surface area contributed by atoms with E-state index in [2.05, 4.69) is 10.6 Å². The summed E-state index contributed by atoms with van der Waals surface area (Å²) in [5, 5.41) is 4.67. The van der Waals surface area contributed by atoms with Gasteiger partial charge < -0.3 is 10.6 Å². The average Bonchev–Trinajstić information content (AvgIpc) is 2.02. The van der Waals surface area contributed by atoms with Gasteiger partial charge in [-0.1, -0.05) is 0 Å². The van der Waals surface area contributed by atoms with Gasteiger partial charge in [-0.15, -0.1) is 6.42 Å². The summed E-state index contributed by atoms with van der Waals surface area (Å²) in [6, 6.07) is -0.580. The zero-order chi connectivity index (χ0) is 8.85. The Bertz CT molecular complexity index is 205. The summed E-state index contributed by atoms with van der Waals surface area (Å²) in [4.78, 5) is 21.3. The molecule has 0 aliphatic heterocycles. The van der Waals surface area contributed by atoms with E-state index in [1.54, 1.807) is 6.92 Å².